The number of ether oxygens (including phenoxy) is 1. The van der Waals surface area contributed by atoms with Crippen LogP contribution < -0.4 is 0 Å². The average Bonchev–Trinajstić information content (AvgIpc) is 2.63. The Balaban J connectivity index is 5.28. The molecular weight excluding hydrogens is 457 g/mol. The van der Waals surface area contributed by atoms with Gasteiger partial charge in [0, 0.05) is 0 Å². The van der Waals surface area contributed by atoms with Crippen LogP contribution in [0.25, 0.3) is 0 Å². The predicted molar refractivity (Wildman–Crippen MR) is 122 cm³/mol. The Bertz CT molecular complexity index is 435. The Labute approximate surface area is 178 Å². The third-order valence-corrected chi connectivity index (χ3v) is 20.4. The molecule has 0 aromatic rings. The fraction of sp³-hybridized carbons (Fsp3) is 0.826. The number of carbonyl (C=O) groups is 2. The second kappa shape index (κ2) is 15.3. The van der Waals surface area contributed by atoms with Crippen LogP contribution in [0.1, 0.15) is 86.5 Å². The number of aldehydes is 1. The molecule has 4 nitrogen and oxygen atoms in total. The third kappa shape index (κ3) is 12.8. The van der Waals surface area contributed by atoms with E-state index in [4.69, 9.17) is 4.74 Å². The fourth-order valence-corrected chi connectivity index (χ4v) is 18.6. The first kappa shape index (κ1) is 27.5. The van der Waals surface area contributed by atoms with Crippen LogP contribution in [0.5, 0.6) is 0 Å². The molecule has 28 heavy (non-hydrogen) atoms. The number of nitrogens with zero attached hydrogens (tertiary/aromatic N) is 1. The first-order valence-corrected chi connectivity index (χ1v) is 19.4. The van der Waals surface area contributed by atoms with Crippen molar-refractivity contribution in [2.75, 3.05) is 6.54 Å². The van der Waals surface area contributed by atoms with E-state index in [1.54, 1.807) is 4.90 Å². The van der Waals surface area contributed by atoms with Crippen LogP contribution >= 0.6 is 0 Å². The first-order valence-electron chi connectivity index (χ1n) is 11.3. The molecule has 0 bridgehead atoms. The van der Waals surface area contributed by atoms with Crippen molar-refractivity contribution in [1.82, 2.24) is 4.90 Å². The summed E-state index contributed by atoms with van der Waals surface area (Å²) in [6, 6.07) is 0. The zero-order chi connectivity index (χ0) is 21.5. The number of hydrogen-bond donors (Lipinski definition) is 0. The fourth-order valence-electron chi connectivity index (χ4n) is 3.51. The van der Waals surface area contributed by atoms with E-state index in [0.29, 0.717) is 13.0 Å². The van der Waals surface area contributed by atoms with E-state index in [-0.39, 0.29) is 6.09 Å². The van der Waals surface area contributed by atoms with Crippen molar-refractivity contribution in [2.24, 2.45) is 0 Å². The molecule has 0 saturated carbocycles. The van der Waals surface area contributed by atoms with Gasteiger partial charge in [-0.2, -0.15) is 0 Å². The van der Waals surface area contributed by atoms with Crippen LogP contribution in [-0.2, 0) is 9.53 Å². The van der Waals surface area contributed by atoms with Crippen LogP contribution in [0.4, 0.5) is 4.79 Å². The zero-order valence-electron chi connectivity index (χ0n) is 19.4. The van der Waals surface area contributed by atoms with Crippen LogP contribution in [0.15, 0.2) is 12.3 Å². The number of amides is 1. The quantitative estimate of drug-likeness (QED) is 0.176. The molecule has 0 rings (SSSR count). The van der Waals surface area contributed by atoms with E-state index < -0.39 is 24.0 Å². The zero-order valence-corrected chi connectivity index (χ0v) is 22.2. The predicted octanol–water partition coefficient (Wildman–Crippen LogP) is 7.18. The summed E-state index contributed by atoms with van der Waals surface area (Å²) in [5.74, 6) is 0. The molecule has 0 aliphatic rings. The molecule has 164 valence electrons. The van der Waals surface area contributed by atoms with E-state index in [1.807, 2.05) is 27.0 Å². The number of carbonyl (C=O) groups excluding carboxylic acids is 2. The maximum absolute atomic E-state index is 12.5. The van der Waals surface area contributed by atoms with Gasteiger partial charge in [0.1, 0.15) is 0 Å². The van der Waals surface area contributed by atoms with Gasteiger partial charge in [-0.3, -0.25) is 0 Å². The summed E-state index contributed by atoms with van der Waals surface area (Å²) in [7, 11) is 0. The number of unbranched alkanes of at least 4 members (excludes halogenated alkanes) is 3. The van der Waals surface area contributed by atoms with Crippen molar-refractivity contribution in [2.45, 2.75) is 110 Å². The molecule has 0 saturated heterocycles. The molecule has 0 aliphatic heterocycles. The molecule has 0 unspecified atom stereocenters. The topological polar surface area (TPSA) is 46.6 Å². The molecule has 0 N–H and O–H groups in total. The standard InChI is InChI=1S/C11H18NO3.3C4H9.Sn/c1-5-7-12(8-6-9-13)10(14)15-11(2,3)4;3*1-3-4-2;/h5,7,9H,1,6,8H2,2-4H3;3*1,3-4H2,2H3;/b7-5-;;;;. The molecular formula is C23H45NO3Sn. The van der Waals surface area contributed by atoms with Gasteiger partial charge < -0.3 is 0 Å². The van der Waals surface area contributed by atoms with Crippen molar-refractivity contribution < 1.29 is 14.3 Å². The van der Waals surface area contributed by atoms with E-state index in [2.05, 4.69) is 26.8 Å². The van der Waals surface area contributed by atoms with Gasteiger partial charge in [-0.1, -0.05) is 0 Å². The van der Waals surface area contributed by atoms with Crippen LogP contribution in [-0.4, -0.2) is 47.8 Å². The maximum atomic E-state index is 12.5. The van der Waals surface area contributed by atoms with Gasteiger partial charge in [-0.25, -0.2) is 0 Å². The number of rotatable bonds is 15. The number of hydrogen-bond acceptors (Lipinski definition) is 3. The van der Waals surface area contributed by atoms with Crippen molar-refractivity contribution in [3.8, 4) is 0 Å². The minimum atomic E-state index is -2.24. The second-order valence-electron chi connectivity index (χ2n) is 9.03. The first-order chi connectivity index (χ1) is 13.2. The normalized spacial score (nSPS) is 12.4. The third-order valence-electron chi connectivity index (χ3n) is 5.13. The minimum absolute atomic E-state index is 0.333. The Morgan fingerprint density at radius 2 is 1.46 bits per heavy atom. The molecule has 0 aliphatic carbocycles. The summed E-state index contributed by atoms with van der Waals surface area (Å²) in [6.45, 7) is 12.9. The van der Waals surface area contributed by atoms with Crippen molar-refractivity contribution >= 4 is 30.8 Å². The summed E-state index contributed by atoms with van der Waals surface area (Å²) in [5, 5.41) is 0. The molecule has 1 amide bonds. The van der Waals surface area contributed by atoms with E-state index in [9.17, 15) is 9.59 Å². The summed E-state index contributed by atoms with van der Waals surface area (Å²) < 4.78 is 11.1. The van der Waals surface area contributed by atoms with Gasteiger partial charge >= 0.3 is 179 Å². The Morgan fingerprint density at radius 3 is 1.86 bits per heavy atom. The molecule has 5 heteroatoms. The SMILES string of the molecule is CCC[CH2][Sn]([CH2]/C=C\N(CCC=O)C(=O)OC(C)(C)C)([CH2]CCC)[CH2]CCC. The molecule has 0 fully saturated rings. The molecule has 0 spiro atoms. The Kier molecular flexibility index (Phi) is 15.1. The summed E-state index contributed by atoms with van der Waals surface area (Å²) in [4.78, 5) is 24.9. The van der Waals surface area contributed by atoms with E-state index >= 15 is 0 Å². The molecule has 0 heterocycles. The number of allylic oxidation sites excluding steroid dienone is 1. The van der Waals surface area contributed by atoms with Gasteiger partial charge in [0.05, 0.1) is 0 Å². The van der Waals surface area contributed by atoms with E-state index in [0.717, 1.165) is 6.29 Å². The van der Waals surface area contributed by atoms with Gasteiger partial charge in [-0.05, 0) is 0 Å². The Morgan fingerprint density at radius 1 is 0.964 bits per heavy atom. The van der Waals surface area contributed by atoms with Crippen LogP contribution in [0, 0.1) is 0 Å². The average molecular weight is 502 g/mol. The van der Waals surface area contributed by atoms with Crippen molar-refractivity contribution in [3.63, 3.8) is 0 Å². The van der Waals surface area contributed by atoms with Crippen LogP contribution in [0.2, 0.25) is 17.7 Å². The molecule has 0 aromatic heterocycles. The van der Waals surface area contributed by atoms with Crippen molar-refractivity contribution in [3.05, 3.63) is 12.3 Å². The molecule has 0 atom stereocenters. The van der Waals surface area contributed by atoms with Crippen molar-refractivity contribution in [1.29, 1.82) is 0 Å². The van der Waals surface area contributed by atoms with Gasteiger partial charge in [-0.15, -0.1) is 0 Å². The van der Waals surface area contributed by atoms with Gasteiger partial charge in [0.2, 0.25) is 0 Å². The molecule has 0 aromatic carbocycles. The van der Waals surface area contributed by atoms with E-state index in [1.165, 1.54) is 56.3 Å². The van der Waals surface area contributed by atoms with Crippen LogP contribution in [0.3, 0.4) is 0 Å². The summed E-state index contributed by atoms with van der Waals surface area (Å²) in [6.07, 6.45) is 12.8. The second-order valence-corrected chi connectivity index (χ2v) is 23.0. The summed E-state index contributed by atoms with van der Waals surface area (Å²) >= 11 is -2.24. The van der Waals surface area contributed by atoms with Gasteiger partial charge in [0.15, 0.2) is 0 Å². The monoisotopic (exact) mass is 503 g/mol. The van der Waals surface area contributed by atoms with Gasteiger partial charge in [0.25, 0.3) is 0 Å². The summed E-state index contributed by atoms with van der Waals surface area (Å²) in [5.41, 5.74) is -0.531. The Hall–Kier alpha value is -0.521. The molecule has 0 radical (unpaired) electrons.